The zero-order valence-corrected chi connectivity index (χ0v) is 32.4. The third-order valence-electron chi connectivity index (χ3n) is 7.34. The first-order valence-corrected chi connectivity index (χ1v) is 19.6. The number of allylic oxidation sites excluding steroid dienone is 24. The lowest BCUT2D eigenvalue weighted by atomic mass is 10.2. The van der Waals surface area contributed by atoms with Crippen LogP contribution in [0.4, 0.5) is 0 Å². The minimum absolute atomic E-state index is 0.109. The van der Waals surface area contributed by atoms with Crippen molar-refractivity contribution in [3.8, 4) is 0 Å². The van der Waals surface area contributed by atoms with E-state index in [1.807, 2.05) is 12.2 Å². The van der Waals surface area contributed by atoms with Crippen LogP contribution in [0.2, 0.25) is 0 Å². The van der Waals surface area contributed by atoms with Gasteiger partial charge in [0.05, 0.1) is 6.10 Å². The van der Waals surface area contributed by atoms with Gasteiger partial charge in [-0.15, -0.1) is 0 Å². The van der Waals surface area contributed by atoms with Crippen LogP contribution in [0.5, 0.6) is 0 Å². The van der Waals surface area contributed by atoms with Crippen molar-refractivity contribution in [1.82, 2.24) is 10.6 Å². The predicted molar refractivity (Wildman–Crippen MR) is 227 cm³/mol. The Bertz CT molecular complexity index is 1130. The summed E-state index contributed by atoms with van der Waals surface area (Å²) in [5, 5.41) is 15.6. The molecule has 3 N–H and O–H groups in total. The highest BCUT2D eigenvalue weighted by Crippen LogP contribution is 2.00. The number of carbonyl (C=O) groups excluding carboxylic acids is 2. The first-order chi connectivity index (χ1) is 25.6. The maximum Gasteiger partial charge on any atom is 0.220 e. The lowest BCUT2D eigenvalue weighted by Gasteiger charge is -2.12. The molecular weight excluding hydrogens is 641 g/mol. The summed E-state index contributed by atoms with van der Waals surface area (Å²) >= 11 is 0. The lowest BCUT2D eigenvalue weighted by molar-refractivity contribution is -0.121. The fourth-order valence-electron chi connectivity index (χ4n) is 4.42. The van der Waals surface area contributed by atoms with Crippen LogP contribution in [-0.2, 0) is 9.59 Å². The number of aliphatic hydroxyl groups is 1. The van der Waals surface area contributed by atoms with Gasteiger partial charge in [-0.05, 0) is 89.9 Å². The topological polar surface area (TPSA) is 78.4 Å². The highest BCUT2D eigenvalue weighted by atomic mass is 16.3. The number of hydrogen-bond acceptors (Lipinski definition) is 3. The number of hydrogen-bond donors (Lipinski definition) is 3. The molecule has 0 heterocycles. The summed E-state index contributed by atoms with van der Waals surface area (Å²) in [6.07, 6.45) is 64.6. The van der Waals surface area contributed by atoms with Gasteiger partial charge in [0.1, 0.15) is 0 Å². The minimum atomic E-state index is -0.815. The Morgan fingerprint density at radius 3 is 0.827 bits per heavy atom. The Hall–Kier alpha value is -4.22. The van der Waals surface area contributed by atoms with Gasteiger partial charge in [0, 0.05) is 25.9 Å². The van der Waals surface area contributed by atoms with Gasteiger partial charge in [0.2, 0.25) is 11.8 Å². The summed E-state index contributed by atoms with van der Waals surface area (Å²) in [6.45, 7) is 4.54. The predicted octanol–water partition coefficient (Wildman–Crippen LogP) is 11.5. The molecule has 0 saturated heterocycles. The third kappa shape index (κ3) is 40.2. The molecule has 0 saturated carbocycles. The smallest absolute Gasteiger partial charge is 0.220 e. The van der Waals surface area contributed by atoms with Crippen LogP contribution in [0, 0.1) is 0 Å². The maximum atomic E-state index is 12.1. The summed E-state index contributed by atoms with van der Waals surface area (Å²) in [4.78, 5) is 24.1. The van der Waals surface area contributed by atoms with Crippen molar-refractivity contribution < 1.29 is 14.7 Å². The summed E-state index contributed by atoms with van der Waals surface area (Å²) in [7, 11) is 0. The van der Waals surface area contributed by atoms with Gasteiger partial charge in [-0.2, -0.15) is 0 Å². The number of aliphatic hydroxyl groups excluding tert-OH is 1. The first kappa shape index (κ1) is 47.8. The number of nitrogens with one attached hydrogen (secondary N) is 2. The van der Waals surface area contributed by atoms with Crippen molar-refractivity contribution in [1.29, 1.82) is 0 Å². The number of rotatable bonds is 32. The second-order valence-electron chi connectivity index (χ2n) is 12.2. The lowest BCUT2D eigenvalue weighted by Crippen LogP contribution is -2.39. The average molecular weight is 711 g/mol. The first-order valence-electron chi connectivity index (χ1n) is 19.6. The third-order valence-corrected chi connectivity index (χ3v) is 7.34. The fourth-order valence-corrected chi connectivity index (χ4v) is 4.42. The second-order valence-corrected chi connectivity index (χ2v) is 12.2. The van der Waals surface area contributed by atoms with Crippen LogP contribution in [0.1, 0.15) is 117 Å². The van der Waals surface area contributed by atoms with Gasteiger partial charge in [-0.3, -0.25) is 9.59 Å². The van der Waals surface area contributed by atoms with E-state index in [0.717, 1.165) is 77.0 Å². The molecule has 0 radical (unpaired) electrons. The SMILES string of the molecule is CCC=CCC=CCC=CCC=CCC=CCC=CCCC(=O)NCC(O)CNC(=O)CCC=CCC=CCC=CCC=CCC=CCC=CCC. The second kappa shape index (κ2) is 41.2. The van der Waals surface area contributed by atoms with Crippen LogP contribution < -0.4 is 10.6 Å². The standard InChI is InChI=1S/C47H70N2O3/c1-3-5-7-9-11-13-15-17-19-21-23-25-27-29-31-33-35-37-39-41-46(51)48-43-45(50)44-49-47(52)42-40-38-36-34-32-30-28-26-24-22-20-18-16-14-12-10-8-6-4-2/h5-8,11-14,17-20,23-26,29-32,35-38,45,50H,3-4,9-10,15-16,21-22,27-28,33-34,39-44H2,1-2H3,(H,48,51)(H,49,52). The highest BCUT2D eigenvalue weighted by molar-refractivity contribution is 5.76. The fraction of sp³-hybridized carbons (Fsp3) is 0.447. The molecule has 0 aliphatic heterocycles. The molecule has 0 unspecified atom stereocenters. The van der Waals surface area contributed by atoms with E-state index < -0.39 is 6.10 Å². The Labute approximate surface area is 317 Å². The molecule has 0 aromatic heterocycles. The molecule has 0 aliphatic rings. The van der Waals surface area contributed by atoms with Crippen LogP contribution in [0.15, 0.2) is 146 Å². The molecule has 2 amide bonds. The summed E-state index contributed by atoms with van der Waals surface area (Å²) in [5.41, 5.74) is 0. The molecule has 0 aromatic carbocycles. The molecule has 0 fully saturated rings. The van der Waals surface area contributed by atoms with Gasteiger partial charge >= 0.3 is 0 Å². The van der Waals surface area contributed by atoms with E-state index in [-0.39, 0.29) is 24.9 Å². The molecule has 5 nitrogen and oxygen atoms in total. The van der Waals surface area contributed by atoms with Gasteiger partial charge in [0.15, 0.2) is 0 Å². The van der Waals surface area contributed by atoms with E-state index in [4.69, 9.17) is 0 Å². The van der Waals surface area contributed by atoms with Gasteiger partial charge in [-0.25, -0.2) is 0 Å². The van der Waals surface area contributed by atoms with Crippen LogP contribution in [0.3, 0.4) is 0 Å². The number of carbonyl (C=O) groups is 2. The normalized spacial score (nSPS) is 13.8. The molecule has 5 heteroatoms. The molecule has 52 heavy (non-hydrogen) atoms. The van der Waals surface area contributed by atoms with Crippen molar-refractivity contribution in [2.75, 3.05) is 13.1 Å². The minimum Gasteiger partial charge on any atom is -0.389 e. The zero-order valence-electron chi connectivity index (χ0n) is 32.4. The Morgan fingerprint density at radius 1 is 0.385 bits per heavy atom. The van der Waals surface area contributed by atoms with E-state index in [1.54, 1.807) is 0 Å². The molecule has 0 aliphatic carbocycles. The Balaban J connectivity index is 3.75. The van der Waals surface area contributed by atoms with Crippen molar-refractivity contribution in [3.63, 3.8) is 0 Å². The van der Waals surface area contributed by atoms with E-state index in [2.05, 4.69) is 158 Å². The summed E-state index contributed by atoms with van der Waals surface area (Å²) < 4.78 is 0. The van der Waals surface area contributed by atoms with Crippen LogP contribution in [0.25, 0.3) is 0 Å². The van der Waals surface area contributed by atoms with Gasteiger partial charge < -0.3 is 15.7 Å². The average Bonchev–Trinajstić information content (AvgIpc) is 3.15. The van der Waals surface area contributed by atoms with Crippen LogP contribution in [-0.4, -0.2) is 36.1 Å². The molecule has 0 rings (SSSR count). The Kier molecular flexibility index (Phi) is 37.9. The van der Waals surface area contributed by atoms with Crippen molar-refractivity contribution >= 4 is 11.8 Å². The molecule has 0 spiro atoms. The summed E-state index contributed by atoms with van der Waals surface area (Å²) in [5.74, 6) is -0.217. The van der Waals surface area contributed by atoms with E-state index in [9.17, 15) is 14.7 Å². The largest absolute Gasteiger partial charge is 0.389 e. The Morgan fingerprint density at radius 2 is 0.596 bits per heavy atom. The maximum absolute atomic E-state index is 12.1. The molecule has 0 atom stereocenters. The number of amides is 2. The molecule has 0 aromatic rings. The van der Waals surface area contributed by atoms with Crippen molar-refractivity contribution in [3.05, 3.63) is 146 Å². The van der Waals surface area contributed by atoms with Gasteiger partial charge in [-0.1, -0.05) is 160 Å². The summed E-state index contributed by atoms with van der Waals surface area (Å²) in [6, 6.07) is 0. The van der Waals surface area contributed by atoms with E-state index >= 15 is 0 Å². The van der Waals surface area contributed by atoms with Crippen molar-refractivity contribution in [2.45, 2.75) is 123 Å². The van der Waals surface area contributed by atoms with E-state index in [1.165, 1.54) is 0 Å². The van der Waals surface area contributed by atoms with E-state index in [0.29, 0.717) is 25.7 Å². The molecule has 0 bridgehead atoms. The zero-order chi connectivity index (χ0) is 37.8. The highest BCUT2D eigenvalue weighted by Gasteiger charge is 2.08. The van der Waals surface area contributed by atoms with Crippen LogP contribution >= 0.6 is 0 Å². The van der Waals surface area contributed by atoms with Crippen molar-refractivity contribution in [2.24, 2.45) is 0 Å². The monoisotopic (exact) mass is 711 g/mol. The quantitative estimate of drug-likeness (QED) is 0.0608. The molecule has 286 valence electrons. The van der Waals surface area contributed by atoms with Gasteiger partial charge in [0.25, 0.3) is 0 Å². The molecular formula is C47H70N2O3.